The fourth-order valence-electron chi connectivity index (χ4n) is 7.81. The number of rotatable bonds is 4. The van der Waals surface area contributed by atoms with E-state index in [9.17, 15) is 19.2 Å². The van der Waals surface area contributed by atoms with Crippen LogP contribution >= 0.6 is 0 Å². The molecule has 8 heteroatoms. The number of ether oxygens (including phenoxy) is 2. The van der Waals surface area contributed by atoms with Crippen molar-refractivity contribution in [3.8, 4) is 0 Å². The SMILES string of the molecule is CC(=O)OCC(=O)[C@H]1[C@H](C)C[C@H]2[C@@H]3C[C@H](F)C4=CC(=O)C=C[C@]4(C)[C@@]3(F)[C@@H](OC(C)=O)C[C@@]21C. The monoisotopic (exact) mass is 478 g/mol. The molecule has 3 fully saturated rings. The summed E-state index contributed by atoms with van der Waals surface area (Å²) in [6, 6.07) is 0. The van der Waals surface area contributed by atoms with Gasteiger partial charge in [0.25, 0.3) is 0 Å². The lowest BCUT2D eigenvalue weighted by atomic mass is 9.44. The maximum absolute atomic E-state index is 17.6. The molecule has 0 amide bonds. The third-order valence-electron chi connectivity index (χ3n) is 9.02. The van der Waals surface area contributed by atoms with Gasteiger partial charge in [0.05, 0.1) is 0 Å². The number of allylic oxidation sites excluding steroid dienone is 4. The Hall–Kier alpha value is -2.38. The van der Waals surface area contributed by atoms with E-state index in [-0.39, 0.29) is 42.6 Å². The second-order valence-electron chi connectivity index (χ2n) is 11.0. The van der Waals surface area contributed by atoms with Gasteiger partial charge in [-0.3, -0.25) is 19.2 Å². The standard InChI is InChI=1S/C26H32F2O6/c1-13-8-17-18-10-20(27)19-9-16(31)6-7-25(19,5)26(18,28)22(34-15(3)30)11-24(17,4)23(13)21(32)12-33-14(2)29/h6-7,9,13,17-18,20,22-23H,8,10-12H2,1-5H3/t13-,17+,18+,20+,22+,23-,24+,25+,26+/m1/s1. The second kappa shape index (κ2) is 8.09. The van der Waals surface area contributed by atoms with Gasteiger partial charge in [0, 0.05) is 31.1 Å². The van der Waals surface area contributed by atoms with E-state index in [1.54, 1.807) is 6.92 Å². The van der Waals surface area contributed by atoms with Gasteiger partial charge in [-0.05, 0) is 61.2 Å². The minimum atomic E-state index is -2.15. The van der Waals surface area contributed by atoms with Crippen molar-refractivity contribution in [1.82, 2.24) is 0 Å². The summed E-state index contributed by atoms with van der Waals surface area (Å²) < 4.78 is 43.7. The average molecular weight is 479 g/mol. The third kappa shape index (κ3) is 3.39. The topological polar surface area (TPSA) is 86.7 Å². The molecular weight excluding hydrogens is 446 g/mol. The Labute approximate surface area is 198 Å². The lowest BCUT2D eigenvalue weighted by Gasteiger charge is -2.62. The molecule has 0 spiro atoms. The molecular formula is C26H32F2O6. The quantitative estimate of drug-likeness (QED) is 0.570. The van der Waals surface area contributed by atoms with E-state index >= 15 is 8.78 Å². The van der Waals surface area contributed by atoms with Crippen LogP contribution in [0.25, 0.3) is 0 Å². The van der Waals surface area contributed by atoms with Crippen LogP contribution in [0.1, 0.15) is 53.9 Å². The van der Waals surface area contributed by atoms with Crippen molar-refractivity contribution in [2.24, 2.45) is 34.5 Å². The summed E-state index contributed by atoms with van der Waals surface area (Å²) in [5, 5.41) is 0. The van der Waals surface area contributed by atoms with Crippen molar-refractivity contribution >= 4 is 23.5 Å². The largest absolute Gasteiger partial charge is 0.459 e. The summed E-state index contributed by atoms with van der Waals surface area (Å²) in [7, 11) is 0. The zero-order chi connectivity index (χ0) is 25.2. The molecule has 0 saturated heterocycles. The summed E-state index contributed by atoms with van der Waals surface area (Å²) in [5.74, 6) is -3.77. The van der Waals surface area contributed by atoms with Crippen molar-refractivity contribution in [2.75, 3.05) is 6.61 Å². The molecule has 186 valence electrons. The van der Waals surface area contributed by atoms with Gasteiger partial charge in [-0.25, -0.2) is 8.78 Å². The minimum Gasteiger partial charge on any atom is -0.459 e. The Morgan fingerprint density at radius 3 is 2.41 bits per heavy atom. The summed E-state index contributed by atoms with van der Waals surface area (Å²) in [6.45, 7) is 7.41. The van der Waals surface area contributed by atoms with Gasteiger partial charge in [0.1, 0.15) is 18.9 Å². The molecule has 0 radical (unpaired) electrons. The maximum Gasteiger partial charge on any atom is 0.303 e. The summed E-state index contributed by atoms with van der Waals surface area (Å²) in [4.78, 5) is 48.6. The van der Waals surface area contributed by atoms with E-state index < -0.39 is 58.3 Å². The van der Waals surface area contributed by atoms with Crippen molar-refractivity contribution in [2.45, 2.75) is 71.8 Å². The molecule has 9 atom stereocenters. The minimum absolute atomic E-state index is 0.0761. The molecule has 3 saturated carbocycles. The van der Waals surface area contributed by atoms with E-state index in [2.05, 4.69) is 0 Å². The zero-order valence-electron chi connectivity index (χ0n) is 20.2. The molecule has 0 aromatic carbocycles. The van der Waals surface area contributed by atoms with E-state index in [1.165, 1.54) is 32.1 Å². The Morgan fingerprint density at radius 2 is 1.79 bits per heavy atom. The number of ketones is 2. The van der Waals surface area contributed by atoms with Crippen molar-refractivity contribution in [3.05, 3.63) is 23.8 Å². The molecule has 0 bridgehead atoms. The van der Waals surface area contributed by atoms with Crippen LogP contribution in [0, 0.1) is 34.5 Å². The number of hydrogen-bond acceptors (Lipinski definition) is 6. The Bertz CT molecular complexity index is 1000. The fourth-order valence-corrected chi connectivity index (χ4v) is 7.81. The number of carbonyl (C=O) groups is 4. The van der Waals surface area contributed by atoms with Crippen LogP contribution < -0.4 is 0 Å². The molecule has 0 unspecified atom stereocenters. The first-order valence-electron chi connectivity index (χ1n) is 11.9. The number of alkyl halides is 2. The smallest absolute Gasteiger partial charge is 0.303 e. The molecule has 4 aliphatic rings. The van der Waals surface area contributed by atoms with E-state index in [1.807, 2.05) is 13.8 Å². The van der Waals surface area contributed by atoms with Crippen molar-refractivity contribution < 1.29 is 37.4 Å². The molecule has 0 heterocycles. The molecule has 34 heavy (non-hydrogen) atoms. The molecule has 6 nitrogen and oxygen atoms in total. The highest BCUT2D eigenvalue weighted by Crippen LogP contribution is 2.70. The Balaban J connectivity index is 1.82. The summed E-state index contributed by atoms with van der Waals surface area (Å²) >= 11 is 0. The Kier molecular flexibility index (Phi) is 5.89. The first kappa shape index (κ1) is 24.7. The van der Waals surface area contributed by atoms with Crippen LogP contribution in [0.5, 0.6) is 0 Å². The lowest BCUT2D eigenvalue weighted by molar-refractivity contribution is -0.217. The van der Waals surface area contributed by atoms with Gasteiger partial charge in [0.15, 0.2) is 17.2 Å². The van der Waals surface area contributed by atoms with Gasteiger partial charge in [-0.15, -0.1) is 0 Å². The normalized spacial score (nSPS) is 44.9. The van der Waals surface area contributed by atoms with Crippen LogP contribution in [0.3, 0.4) is 0 Å². The van der Waals surface area contributed by atoms with Gasteiger partial charge in [-0.2, -0.15) is 0 Å². The molecule has 4 aliphatic carbocycles. The molecule has 0 aliphatic heterocycles. The third-order valence-corrected chi connectivity index (χ3v) is 9.02. The first-order chi connectivity index (χ1) is 15.8. The van der Waals surface area contributed by atoms with Gasteiger partial charge in [0.2, 0.25) is 0 Å². The number of halogens is 2. The van der Waals surface area contributed by atoms with Crippen LogP contribution in [0.2, 0.25) is 0 Å². The van der Waals surface area contributed by atoms with Crippen LogP contribution in [-0.4, -0.2) is 48.1 Å². The summed E-state index contributed by atoms with van der Waals surface area (Å²) in [6.07, 6.45) is 1.50. The maximum atomic E-state index is 17.6. The number of carbonyl (C=O) groups excluding carboxylic acids is 4. The van der Waals surface area contributed by atoms with E-state index in [4.69, 9.17) is 9.47 Å². The second-order valence-corrected chi connectivity index (χ2v) is 11.0. The average Bonchev–Trinajstić information content (AvgIpc) is 2.99. The highest BCUT2D eigenvalue weighted by Gasteiger charge is 2.74. The van der Waals surface area contributed by atoms with Gasteiger partial charge >= 0.3 is 11.9 Å². The van der Waals surface area contributed by atoms with Gasteiger partial charge in [-0.1, -0.05) is 19.9 Å². The molecule has 0 aromatic heterocycles. The number of fused-ring (bicyclic) bond motifs is 5. The lowest BCUT2D eigenvalue weighted by Crippen LogP contribution is -2.69. The van der Waals surface area contributed by atoms with Crippen LogP contribution in [-0.2, 0) is 28.7 Å². The fraction of sp³-hybridized carbons (Fsp3) is 0.692. The highest BCUT2D eigenvalue weighted by atomic mass is 19.1. The first-order valence-corrected chi connectivity index (χ1v) is 11.9. The molecule has 0 N–H and O–H groups in total. The van der Waals surface area contributed by atoms with Crippen molar-refractivity contribution in [3.63, 3.8) is 0 Å². The van der Waals surface area contributed by atoms with E-state index in [0.29, 0.717) is 6.42 Å². The predicted octanol–water partition coefficient (Wildman–Crippen LogP) is 3.87. The Morgan fingerprint density at radius 1 is 1.12 bits per heavy atom. The van der Waals surface area contributed by atoms with Crippen LogP contribution in [0.4, 0.5) is 8.78 Å². The zero-order valence-corrected chi connectivity index (χ0v) is 20.2. The number of Topliss-reactive ketones (excluding diaryl/α,β-unsaturated/α-hetero) is 1. The van der Waals surface area contributed by atoms with Crippen molar-refractivity contribution in [1.29, 1.82) is 0 Å². The van der Waals surface area contributed by atoms with E-state index in [0.717, 1.165) is 0 Å². The number of esters is 2. The predicted molar refractivity (Wildman–Crippen MR) is 118 cm³/mol. The summed E-state index contributed by atoms with van der Waals surface area (Å²) in [5.41, 5.74) is -4.31. The number of hydrogen-bond donors (Lipinski definition) is 0. The van der Waals surface area contributed by atoms with Crippen LogP contribution in [0.15, 0.2) is 23.8 Å². The van der Waals surface area contributed by atoms with Gasteiger partial charge < -0.3 is 9.47 Å². The molecule has 0 aromatic rings. The highest BCUT2D eigenvalue weighted by molar-refractivity contribution is 6.01. The molecule has 4 rings (SSSR count).